The summed E-state index contributed by atoms with van der Waals surface area (Å²) >= 11 is 0. The topological polar surface area (TPSA) is 135 Å². The van der Waals surface area contributed by atoms with Gasteiger partial charge in [0.05, 0.1) is 24.4 Å². The number of aromatic nitrogens is 3. The van der Waals surface area contributed by atoms with Gasteiger partial charge in [-0.15, -0.1) is 0 Å². The number of morpholine rings is 1. The number of anilines is 3. The number of hydrazone groups is 1. The molecule has 2 fully saturated rings. The molecular formula is C24H28N8O4. The Balaban J connectivity index is 1.32. The van der Waals surface area contributed by atoms with Gasteiger partial charge in [-0.1, -0.05) is 0 Å². The van der Waals surface area contributed by atoms with Crippen LogP contribution in [0.25, 0.3) is 11.3 Å². The van der Waals surface area contributed by atoms with Crippen LogP contribution in [0.15, 0.2) is 39.9 Å². The van der Waals surface area contributed by atoms with Gasteiger partial charge in [-0.2, -0.15) is 20.1 Å². The van der Waals surface area contributed by atoms with E-state index in [1.807, 2.05) is 13.0 Å². The summed E-state index contributed by atoms with van der Waals surface area (Å²) in [5.74, 6) is 2.75. The summed E-state index contributed by atoms with van der Waals surface area (Å²) < 4.78 is 11.4. The van der Waals surface area contributed by atoms with Crippen LogP contribution in [0.2, 0.25) is 0 Å². The molecule has 12 nitrogen and oxygen atoms in total. The van der Waals surface area contributed by atoms with Gasteiger partial charge < -0.3 is 19.0 Å². The number of hydrogen-bond donors (Lipinski definition) is 1. The van der Waals surface area contributed by atoms with Gasteiger partial charge in [0, 0.05) is 43.9 Å². The zero-order valence-corrected chi connectivity index (χ0v) is 20.1. The van der Waals surface area contributed by atoms with Crippen molar-refractivity contribution in [3.63, 3.8) is 0 Å². The minimum Gasteiger partial charge on any atom is -0.455 e. The molecule has 0 unspecified atom stereocenters. The zero-order valence-electron chi connectivity index (χ0n) is 20.1. The Morgan fingerprint density at radius 3 is 2.42 bits per heavy atom. The van der Waals surface area contributed by atoms with Crippen molar-refractivity contribution < 1.29 is 14.1 Å². The van der Waals surface area contributed by atoms with Crippen LogP contribution in [0.1, 0.15) is 30.6 Å². The highest BCUT2D eigenvalue weighted by atomic mass is 16.6. The maximum Gasteiger partial charge on any atom is 0.269 e. The van der Waals surface area contributed by atoms with Gasteiger partial charge in [0.1, 0.15) is 11.5 Å². The Morgan fingerprint density at radius 1 is 1.00 bits per heavy atom. The first-order valence-corrected chi connectivity index (χ1v) is 12.0. The molecule has 2 saturated heterocycles. The molecule has 2 aromatic heterocycles. The van der Waals surface area contributed by atoms with Crippen molar-refractivity contribution in [2.75, 3.05) is 54.6 Å². The number of nitrogens with one attached hydrogen (secondary N) is 1. The minimum atomic E-state index is -0.412. The Morgan fingerprint density at radius 2 is 1.72 bits per heavy atom. The smallest absolute Gasteiger partial charge is 0.269 e. The van der Waals surface area contributed by atoms with Gasteiger partial charge >= 0.3 is 0 Å². The fourth-order valence-electron chi connectivity index (χ4n) is 4.30. The summed E-state index contributed by atoms with van der Waals surface area (Å²) in [6.07, 6.45) is 5.00. The van der Waals surface area contributed by atoms with Crippen LogP contribution in [0, 0.1) is 17.0 Å². The van der Waals surface area contributed by atoms with Crippen molar-refractivity contribution in [1.29, 1.82) is 0 Å². The van der Waals surface area contributed by atoms with Crippen molar-refractivity contribution in [1.82, 2.24) is 15.0 Å². The molecule has 12 heteroatoms. The lowest BCUT2D eigenvalue weighted by Gasteiger charge is -2.30. The third-order valence-corrected chi connectivity index (χ3v) is 6.21. The molecule has 2 aliphatic heterocycles. The Labute approximate surface area is 208 Å². The maximum absolute atomic E-state index is 11.0. The molecule has 0 spiro atoms. The van der Waals surface area contributed by atoms with Gasteiger partial charge in [-0.25, -0.2) is 5.43 Å². The molecule has 3 aromatic rings. The van der Waals surface area contributed by atoms with E-state index in [1.165, 1.54) is 18.6 Å². The monoisotopic (exact) mass is 492 g/mol. The van der Waals surface area contributed by atoms with Crippen LogP contribution in [-0.4, -0.2) is 65.5 Å². The first-order chi connectivity index (χ1) is 17.6. The third kappa shape index (κ3) is 5.43. The number of hydrogen-bond acceptors (Lipinski definition) is 11. The van der Waals surface area contributed by atoms with Gasteiger partial charge in [0.2, 0.25) is 17.8 Å². The maximum atomic E-state index is 11.0. The Kier molecular flexibility index (Phi) is 7.03. The van der Waals surface area contributed by atoms with E-state index in [0.717, 1.165) is 50.1 Å². The van der Waals surface area contributed by atoms with Gasteiger partial charge in [-0.05, 0) is 49.9 Å². The molecule has 4 heterocycles. The number of nitrogens with zero attached hydrogens (tertiary/aromatic N) is 7. The van der Waals surface area contributed by atoms with E-state index in [9.17, 15) is 10.1 Å². The van der Waals surface area contributed by atoms with Gasteiger partial charge in [-0.3, -0.25) is 10.1 Å². The highest BCUT2D eigenvalue weighted by Gasteiger charge is 2.20. The summed E-state index contributed by atoms with van der Waals surface area (Å²) in [6.45, 7) is 6.39. The molecule has 2 aliphatic rings. The molecule has 36 heavy (non-hydrogen) atoms. The standard InChI is InChI=1S/C24H28N8O4/c1-17-15-18(32(33)34)5-7-20(17)21-8-6-19(36-21)16-25-29-22-26-23(30-9-3-2-4-10-30)28-24(27-22)31-11-13-35-14-12-31/h5-8,15-16H,2-4,9-14H2,1H3,(H,26,27,28,29)/b25-16-. The molecule has 1 N–H and O–H groups in total. The number of nitro benzene ring substituents is 1. The minimum absolute atomic E-state index is 0.0477. The molecule has 0 radical (unpaired) electrons. The first kappa shape index (κ1) is 23.7. The lowest BCUT2D eigenvalue weighted by Crippen LogP contribution is -2.38. The Hall–Kier alpha value is -4.06. The second-order valence-corrected chi connectivity index (χ2v) is 8.73. The van der Waals surface area contributed by atoms with Crippen LogP contribution < -0.4 is 15.2 Å². The summed E-state index contributed by atoms with van der Waals surface area (Å²) in [6, 6.07) is 8.27. The summed E-state index contributed by atoms with van der Waals surface area (Å²) in [7, 11) is 0. The van der Waals surface area contributed by atoms with Crippen LogP contribution in [0.5, 0.6) is 0 Å². The van der Waals surface area contributed by atoms with E-state index in [-0.39, 0.29) is 5.69 Å². The van der Waals surface area contributed by atoms with Crippen molar-refractivity contribution in [2.24, 2.45) is 5.10 Å². The molecule has 0 aliphatic carbocycles. The Bertz CT molecular complexity index is 1210. The van der Waals surface area contributed by atoms with Crippen molar-refractivity contribution in [3.05, 3.63) is 51.8 Å². The van der Waals surface area contributed by atoms with Gasteiger partial charge in [0.25, 0.3) is 5.69 Å². The van der Waals surface area contributed by atoms with Crippen LogP contribution in [0.3, 0.4) is 0 Å². The fourth-order valence-corrected chi connectivity index (χ4v) is 4.30. The van der Waals surface area contributed by atoms with Crippen molar-refractivity contribution in [2.45, 2.75) is 26.2 Å². The summed E-state index contributed by atoms with van der Waals surface area (Å²) in [5, 5.41) is 15.3. The van der Waals surface area contributed by atoms with E-state index in [0.29, 0.717) is 42.6 Å². The highest BCUT2D eigenvalue weighted by molar-refractivity contribution is 5.78. The van der Waals surface area contributed by atoms with E-state index < -0.39 is 4.92 Å². The number of piperidine rings is 1. The van der Waals surface area contributed by atoms with Crippen LogP contribution in [0.4, 0.5) is 23.5 Å². The molecule has 1 aromatic carbocycles. The molecule has 0 amide bonds. The predicted octanol–water partition coefficient (Wildman–Crippen LogP) is 3.62. The van der Waals surface area contributed by atoms with Crippen molar-refractivity contribution >= 4 is 29.7 Å². The number of aryl methyl sites for hydroxylation is 1. The SMILES string of the molecule is Cc1cc([N+](=O)[O-])ccc1-c1ccc(/C=N\Nc2nc(N3CCCCC3)nc(N3CCOCC3)n2)o1. The zero-order chi connectivity index (χ0) is 24.9. The number of ether oxygens (including phenoxy) is 1. The van der Waals surface area contributed by atoms with Crippen molar-refractivity contribution in [3.8, 4) is 11.3 Å². The van der Waals surface area contributed by atoms with E-state index >= 15 is 0 Å². The predicted molar refractivity (Wildman–Crippen MR) is 136 cm³/mol. The number of non-ortho nitro benzene ring substituents is 1. The van der Waals surface area contributed by atoms with Crippen LogP contribution in [-0.2, 0) is 4.74 Å². The fraction of sp³-hybridized carbons (Fsp3) is 0.417. The molecule has 5 rings (SSSR count). The summed E-state index contributed by atoms with van der Waals surface area (Å²) in [5.41, 5.74) is 4.51. The number of benzene rings is 1. The largest absolute Gasteiger partial charge is 0.455 e. The third-order valence-electron chi connectivity index (χ3n) is 6.21. The average Bonchev–Trinajstić information content (AvgIpc) is 3.38. The molecule has 0 bridgehead atoms. The van der Waals surface area contributed by atoms with Crippen LogP contribution >= 0.6 is 0 Å². The molecular weight excluding hydrogens is 464 g/mol. The van der Waals surface area contributed by atoms with E-state index in [4.69, 9.17) is 14.1 Å². The second kappa shape index (κ2) is 10.7. The summed E-state index contributed by atoms with van der Waals surface area (Å²) in [4.78, 5) is 28.8. The normalized spacial score (nSPS) is 16.5. The lowest BCUT2D eigenvalue weighted by atomic mass is 10.1. The molecule has 0 saturated carbocycles. The van der Waals surface area contributed by atoms with Gasteiger partial charge in [0.15, 0.2) is 0 Å². The second-order valence-electron chi connectivity index (χ2n) is 8.73. The quantitative estimate of drug-likeness (QED) is 0.296. The van der Waals surface area contributed by atoms with E-state index in [1.54, 1.807) is 18.3 Å². The number of rotatable bonds is 7. The lowest BCUT2D eigenvalue weighted by molar-refractivity contribution is -0.384. The number of nitro groups is 1. The van der Waals surface area contributed by atoms with E-state index in [2.05, 4.69) is 30.3 Å². The first-order valence-electron chi connectivity index (χ1n) is 12.0. The molecule has 188 valence electrons. The highest BCUT2D eigenvalue weighted by Crippen LogP contribution is 2.28. The number of furan rings is 1. The molecule has 0 atom stereocenters. The average molecular weight is 493 g/mol.